The van der Waals surface area contributed by atoms with Gasteiger partial charge in [0.05, 0.1) is 0 Å². The van der Waals surface area contributed by atoms with Gasteiger partial charge in [-0.05, 0) is 92.2 Å². The first kappa shape index (κ1) is 17.7. The third-order valence-electron chi connectivity index (χ3n) is 7.42. The van der Waals surface area contributed by atoms with Crippen LogP contribution in [0.1, 0.15) is 49.1 Å². The van der Waals surface area contributed by atoms with E-state index in [9.17, 15) is 14.0 Å². The van der Waals surface area contributed by atoms with Crippen LogP contribution in [0.5, 0.6) is 0 Å². The van der Waals surface area contributed by atoms with Gasteiger partial charge in [0, 0.05) is 17.4 Å². The molecule has 2 atom stereocenters. The molecule has 6 rings (SSSR count). The second-order valence-electron chi connectivity index (χ2n) is 9.08. The predicted octanol–water partition coefficient (Wildman–Crippen LogP) is 4.59. The molecule has 1 aromatic heterocycles. The van der Waals surface area contributed by atoms with E-state index in [1.165, 1.54) is 12.1 Å². The molecule has 1 heterocycles. The van der Waals surface area contributed by atoms with Crippen molar-refractivity contribution in [2.45, 2.75) is 38.5 Å². The van der Waals surface area contributed by atoms with Gasteiger partial charge < -0.3 is 10.2 Å². The number of carbonyl (C=O) groups is 2. The molecular weight excluding hydrogens is 357 g/mol. The van der Waals surface area contributed by atoms with E-state index in [0.29, 0.717) is 41.6 Å². The van der Waals surface area contributed by atoms with E-state index in [-0.39, 0.29) is 22.9 Å². The number of hydrogen-bond donors (Lipinski definition) is 1. The zero-order valence-electron chi connectivity index (χ0n) is 15.7. The number of rotatable bonds is 5. The third kappa shape index (κ3) is 2.79. The van der Waals surface area contributed by atoms with Crippen molar-refractivity contribution in [2.75, 3.05) is 0 Å². The van der Waals surface area contributed by atoms with Crippen LogP contribution in [0.3, 0.4) is 0 Å². The molecule has 4 aliphatic carbocycles. The van der Waals surface area contributed by atoms with Gasteiger partial charge in [-0.15, -0.1) is 0 Å². The normalized spacial score (nSPS) is 33.2. The molecule has 5 heteroatoms. The Hall–Kier alpha value is -2.43. The Morgan fingerprint density at radius 3 is 2.36 bits per heavy atom. The summed E-state index contributed by atoms with van der Waals surface area (Å²) in [6, 6.07) is 9.51. The quantitative estimate of drug-likeness (QED) is 0.770. The van der Waals surface area contributed by atoms with E-state index in [2.05, 4.69) is 0 Å². The summed E-state index contributed by atoms with van der Waals surface area (Å²) in [6.45, 7) is 0. The predicted molar refractivity (Wildman–Crippen MR) is 102 cm³/mol. The fraction of sp³-hybridized carbons (Fsp3) is 0.478. The number of amides is 1. The summed E-state index contributed by atoms with van der Waals surface area (Å²) in [4.78, 5) is 25.0. The Kier molecular flexibility index (Phi) is 3.97. The third-order valence-corrected chi connectivity index (χ3v) is 7.42. The molecule has 4 saturated carbocycles. The van der Waals surface area contributed by atoms with Crippen LogP contribution in [0.25, 0.3) is 11.3 Å². The van der Waals surface area contributed by atoms with Crippen molar-refractivity contribution < 1.29 is 18.4 Å². The summed E-state index contributed by atoms with van der Waals surface area (Å²) in [6.07, 6.45) is 5.31. The lowest BCUT2D eigenvalue weighted by Crippen LogP contribution is -2.56. The van der Waals surface area contributed by atoms with Gasteiger partial charge in [0.15, 0.2) is 11.5 Å². The number of benzene rings is 1. The summed E-state index contributed by atoms with van der Waals surface area (Å²) in [5.41, 5.74) is 6.18. The minimum Gasteiger partial charge on any atom is -0.453 e. The molecular formula is C23H24FNO3. The fourth-order valence-corrected chi connectivity index (χ4v) is 6.34. The standard InChI is InChI=1S/C23H24FNO3/c24-17-3-1-14(2-4-17)20-5-6-21(28-20)19(26)9-18-15-7-13-8-16(18)12-23(10-13,11-15)22(25)27/h1-6,13,15-16,18H,7-12H2,(H2,25,27). The Labute approximate surface area is 163 Å². The SMILES string of the molecule is NC(=O)C12CC3CC(C1)C(CC(=O)c1ccc(-c4ccc(F)cc4)o1)C(C3)C2. The Bertz CT molecular complexity index is 916. The topological polar surface area (TPSA) is 73.3 Å². The van der Waals surface area contributed by atoms with Crippen molar-refractivity contribution in [3.8, 4) is 11.3 Å². The van der Waals surface area contributed by atoms with Crippen LogP contribution in [0, 0.1) is 34.9 Å². The van der Waals surface area contributed by atoms with Crippen molar-refractivity contribution in [2.24, 2.45) is 34.8 Å². The number of Topliss-reactive ketones (excluding diaryl/α,β-unsaturated/α-hetero) is 1. The lowest BCUT2D eigenvalue weighted by Gasteiger charge is -2.58. The van der Waals surface area contributed by atoms with Gasteiger partial charge in [-0.1, -0.05) is 0 Å². The molecule has 4 fully saturated rings. The molecule has 0 saturated heterocycles. The lowest BCUT2D eigenvalue weighted by molar-refractivity contribution is -0.149. The van der Waals surface area contributed by atoms with E-state index in [1.807, 2.05) is 0 Å². The first-order valence-corrected chi connectivity index (χ1v) is 10.1. The first-order valence-electron chi connectivity index (χ1n) is 10.1. The van der Waals surface area contributed by atoms with Gasteiger partial charge >= 0.3 is 0 Å². The van der Waals surface area contributed by atoms with E-state index in [1.54, 1.807) is 24.3 Å². The summed E-state index contributed by atoms with van der Waals surface area (Å²) < 4.78 is 18.9. The van der Waals surface area contributed by atoms with Crippen molar-refractivity contribution in [1.29, 1.82) is 0 Å². The zero-order valence-corrected chi connectivity index (χ0v) is 15.7. The molecule has 0 spiro atoms. The van der Waals surface area contributed by atoms with Crippen LogP contribution in [0.2, 0.25) is 0 Å². The molecule has 28 heavy (non-hydrogen) atoms. The van der Waals surface area contributed by atoms with Crippen molar-refractivity contribution in [1.82, 2.24) is 0 Å². The van der Waals surface area contributed by atoms with Crippen LogP contribution in [-0.2, 0) is 4.79 Å². The molecule has 1 amide bonds. The monoisotopic (exact) mass is 381 g/mol. The van der Waals surface area contributed by atoms with Gasteiger partial charge in [-0.3, -0.25) is 9.59 Å². The molecule has 2 N–H and O–H groups in total. The number of nitrogens with two attached hydrogens (primary N) is 1. The smallest absolute Gasteiger partial charge is 0.223 e. The molecule has 2 aromatic rings. The fourth-order valence-electron chi connectivity index (χ4n) is 6.34. The van der Waals surface area contributed by atoms with E-state index < -0.39 is 0 Å². The van der Waals surface area contributed by atoms with E-state index in [4.69, 9.17) is 10.2 Å². The first-order chi connectivity index (χ1) is 13.4. The van der Waals surface area contributed by atoms with Crippen LogP contribution in [0.4, 0.5) is 4.39 Å². The van der Waals surface area contributed by atoms with E-state index >= 15 is 0 Å². The van der Waals surface area contributed by atoms with Crippen LogP contribution in [0.15, 0.2) is 40.8 Å². The summed E-state index contributed by atoms with van der Waals surface area (Å²) in [5, 5.41) is 0. The molecule has 4 bridgehead atoms. The van der Waals surface area contributed by atoms with Gasteiger partial charge in [0.1, 0.15) is 11.6 Å². The van der Waals surface area contributed by atoms with Crippen LogP contribution in [-0.4, -0.2) is 11.7 Å². The second-order valence-corrected chi connectivity index (χ2v) is 9.08. The number of primary amides is 1. The van der Waals surface area contributed by atoms with Gasteiger partial charge in [0.25, 0.3) is 0 Å². The molecule has 4 aliphatic rings. The maximum atomic E-state index is 13.1. The summed E-state index contributed by atoms with van der Waals surface area (Å²) in [7, 11) is 0. The second kappa shape index (κ2) is 6.29. The van der Waals surface area contributed by atoms with Gasteiger partial charge in [0.2, 0.25) is 5.91 Å². The number of ketones is 1. The molecule has 146 valence electrons. The Balaban J connectivity index is 1.32. The highest BCUT2D eigenvalue weighted by molar-refractivity contribution is 5.94. The highest BCUT2D eigenvalue weighted by Gasteiger charge is 2.57. The lowest BCUT2D eigenvalue weighted by atomic mass is 9.45. The average molecular weight is 381 g/mol. The average Bonchev–Trinajstić information content (AvgIpc) is 3.15. The Morgan fingerprint density at radius 1 is 1.04 bits per heavy atom. The molecule has 2 unspecified atom stereocenters. The minimum atomic E-state index is -0.323. The summed E-state index contributed by atoms with van der Waals surface area (Å²) in [5.74, 6) is 2.22. The number of halogens is 1. The molecule has 4 nitrogen and oxygen atoms in total. The maximum Gasteiger partial charge on any atom is 0.223 e. The molecule has 0 aliphatic heterocycles. The maximum absolute atomic E-state index is 13.1. The van der Waals surface area contributed by atoms with Gasteiger partial charge in [-0.2, -0.15) is 0 Å². The number of carbonyl (C=O) groups excluding carboxylic acids is 2. The highest BCUT2D eigenvalue weighted by Crippen LogP contribution is 2.62. The summed E-state index contributed by atoms with van der Waals surface area (Å²) >= 11 is 0. The van der Waals surface area contributed by atoms with E-state index in [0.717, 1.165) is 37.7 Å². The van der Waals surface area contributed by atoms with Gasteiger partial charge in [-0.25, -0.2) is 4.39 Å². The van der Waals surface area contributed by atoms with Crippen molar-refractivity contribution >= 4 is 11.7 Å². The molecule has 0 radical (unpaired) electrons. The zero-order chi connectivity index (χ0) is 19.5. The largest absolute Gasteiger partial charge is 0.453 e. The van der Waals surface area contributed by atoms with Crippen molar-refractivity contribution in [3.63, 3.8) is 0 Å². The number of furan rings is 1. The minimum absolute atomic E-state index is 0.0129. The highest BCUT2D eigenvalue weighted by atomic mass is 19.1. The van der Waals surface area contributed by atoms with Crippen LogP contribution < -0.4 is 5.73 Å². The molecule has 1 aromatic carbocycles. The van der Waals surface area contributed by atoms with Crippen molar-refractivity contribution in [3.05, 3.63) is 48.0 Å². The van der Waals surface area contributed by atoms with Crippen LogP contribution >= 0.6 is 0 Å². The Morgan fingerprint density at radius 2 is 1.71 bits per heavy atom. The number of hydrogen-bond acceptors (Lipinski definition) is 3.